The van der Waals surface area contributed by atoms with Crippen LogP contribution >= 0.6 is 11.3 Å². The normalized spacial score (nSPS) is 17.5. The third kappa shape index (κ3) is 5.33. The van der Waals surface area contributed by atoms with Crippen molar-refractivity contribution in [2.75, 3.05) is 11.9 Å². The Hall–Kier alpha value is -3.24. The fraction of sp³-hybridized carbons (Fsp3) is 0.484. The first kappa shape index (κ1) is 26.4. The predicted molar refractivity (Wildman–Crippen MR) is 151 cm³/mol. The van der Waals surface area contributed by atoms with Crippen molar-refractivity contribution in [3.63, 3.8) is 0 Å². The lowest BCUT2D eigenvalue weighted by molar-refractivity contribution is -0.119. The number of rotatable bonds is 4. The minimum Gasteiger partial charge on any atom is -0.452 e. The molecule has 198 valence electrons. The van der Waals surface area contributed by atoms with Gasteiger partial charge in [-0.05, 0) is 73.5 Å². The van der Waals surface area contributed by atoms with Gasteiger partial charge in [0.1, 0.15) is 11.1 Å². The van der Waals surface area contributed by atoms with Crippen molar-refractivity contribution < 1.29 is 14.3 Å². The second-order valence-electron chi connectivity index (χ2n) is 11.6. The molecule has 1 N–H and O–H groups in total. The number of anilines is 1. The van der Waals surface area contributed by atoms with Crippen LogP contribution in [0.5, 0.6) is 0 Å². The van der Waals surface area contributed by atoms with Gasteiger partial charge in [0.25, 0.3) is 5.91 Å². The van der Waals surface area contributed by atoms with E-state index in [1.807, 2.05) is 24.3 Å². The van der Waals surface area contributed by atoms with Crippen LogP contribution < -0.4 is 5.32 Å². The zero-order valence-corrected chi connectivity index (χ0v) is 23.3. The minimum absolute atomic E-state index is 0.195. The van der Waals surface area contributed by atoms with E-state index in [9.17, 15) is 14.9 Å². The topological polar surface area (TPSA) is 92.1 Å². The summed E-state index contributed by atoms with van der Waals surface area (Å²) in [5, 5.41) is 14.0. The minimum atomic E-state index is -0.491. The number of nitrogens with zero attached hydrogens (tertiary/aromatic N) is 2. The van der Waals surface area contributed by atoms with Crippen molar-refractivity contribution in [3.05, 3.63) is 57.1 Å². The Labute approximate surface area is 228 Å². The Bertz CT molecular complexity index is 1430. The highest BCUT2D eigenvalue weighted by Crippen LogP contribution is 2.44. The predicted octanol–water partition coefficient (Wildman–Crippen LogP) is 6.77. The summed E-state index contributed by atoms with van der Waals surface area (Å²) in [7, 11) is 0. The van der Waals surface area contributed by atoms with E-state index in [1.54, 1.807) is 0 Å². The van der Waals surface area contributed by atoms with Gasteiger partial charge in [-0.1, -0.05) is 51.8 Å². The summed E-state index contributed by atoms with van der Waals surface area (Å²) in [4.78, 5) is 32.4. The summed E-state index contributed by atoms with van der Waals surface area (Å²) in [6.45, 7) is 6.36. The van der Waals surface area contributed by atoms with Gasteiger partial charge in [-0.25, -0.2) is 4.79 Å². The summed E-state index contributed by atoms with van der Waals surface area (Å²) in [5.74, 6) is -0.379. The maximum atomic E-state index is 13.4. The smallest absolute Gasteiger partial charge is 0.339 e. The molecule has 1 aromatic carbocycles. The number of carbonyl (C=O) groups excluding carboxylic acids is 2. The van der Waals surface area contributed by atoms with Gasteiger partial charge in [-0.15, -0.1) is 11.3 Å². The standard InChI is InChI=1S/C31H35N3O3S/c1-31(2,3)19-14-15-20-23(17-32)29(38-26(20)16-19)34-27(35)18-37-30(36)28-21-10-6-4-5-7-12-24(21)33-25-13-9-8-11-22(25)28/h8-9,11,13,19H,4-7,10,12,14-16,18H2,1-3H3,(H,34,35). The second-order valence-corrected chi connectivity index (χ2v) is 12.7. The third-order valence-corrected chi connectivity index (χ3v) is 9.23. The molecule has 38 heavy (non-hydrogen) atoms. The number of esters is 1. The van der Waals surface area contributed by atoms with Crippen LogP contribution in [0.3, 0.4) is 0 Å². The fourth-order valence-corrected chi connectivity index (χ4v) is 7.15. The van der Waals surface area contributed by atoms with Gasteiger partial charge in [0.2, 0.25) is 0 Å². The summed E-state index contributed by atoms with van der Waals surface area (Å²) >= 11 is 1.49. The largest absolute Gasteiger partial charge is 0.452 e. The number of nitriles is 1. The van der Waals surface area contributed by atoms with Gasteiger partial charge >= 0.3 is 5.97 Å². The quantitative estimate of drug-likeness (QED) is 0.376. The molecule has 1 atom stereocenters. The first-order valence-electron chi connectivity index (χ1n) is 13.7. The Kier molecular flexibility index (Phi) is 7.54. The van der Waals surface area contributed by atoms with E-state index in [-0.39, 0.29) is 5.41 Å². The van der Waals surface area contributed by atoms with Gasteiger partial charge in [0.05, 0.1) is 16.6 Å². The zero-order chi connectivity index (χ0) is 26.9. The monoisotopic (exact) mass is 529 g/mol. The molecule has 1 amide bonds. The molecule has 0 radical (unpaired) electrons. The highest BCUT2D eigenvalue weighted by Gasteiger charge is 2.32. The van der Waals surface area contributed by atoms with Crippen LogP contribution in [0, 0.1) is 22.7 Å². The van der Waals surface area contributed by atoms with Crippen molar-refractivity contribution >= 4 is 39.1 Å². The zero-order valence-electron chi connectivity index (χ0n) is 22.5. The number of carbonyl (C=O) groups is 2. The molecule has 0 fully saturated rings. The first-order chi connectivity index (χ1) is 18.3. The molecule has 6 nitrogen and oxygen atoms in total. The molecule has 0 saturated heterocycles. The van der Waals surface area contributed by atoms with Gasteiger partial charge in [0.15, 0.2) is 6.61 Å². The van der Waals surface area contributed by atoms with E-state index in [4.69, 9.17) is 9.72 Å². The van der Waals surface area contributed by atoms with Crippen LogP contribution in [0.1, 0.15) is 90.5 Å². The third-order valence-electron chi connectivity index (χ3n) is 8.06. The van der Waals surface area contributed by atoms with Crippen molar-refractivity contribution in [2.45, 2.75) is 78.6 Å². The molecular formula is C31H35N3O3S. The van der Waals surface area contributed by atoms with E-state index in [0.717, 1.165) is 79.1 Å². The van der Waals surface area contributed by atoms with Crippen LogP contribution in [0.4, 0.5) is 5.00 Å². The summed E-state index contributed by atoms with van der Waals surface area (Å²) in [6, 6.07) is 9.94. The molecule has 0 saturated carbocycles. The summed E-state index contributed by atoms with van der Waals surface area (Å²) in [6.07, 6.45) is 8.79. The number of hydrogen-bond acceptors (Lipinski definition) is 6. The molecule has 0 spiro atoms. The van der Waals surface area contributed by atoms with E-state index < -0.39 is 18.5 Å². The number of aryl methyl sites for hydroxylation is 1. The van der Waals surface area contributed by atoms with E-state index in [1.165, 1.54) is 22.6 Å². The van der Waals surface area contributed by atoms with Crippen LogP contribution in [0.15, 0.2) is 24.3 Å². The Morgan fingerprint density at radius 2 is 1.87 bits per heavy atom. The lowest BCUT2D eigenvalue weighted by atomic mass is 9.72. The molecule has 0 bridgehead atoms. The SMILES string of the molecule is CC(C)(C)C1CCc2c(sc(NC(=O)COC(=O)c3c4c(nc5ccccc35)CCCCCC4)c2C#N)C1. The molecule has 1 unspecified atom stereocenters. The van der Waals surface area contributed by atoms with Gasteiger partial charge in [0, 0.05) is 16.0 Å². The van der Waals surface area contributed by atoms with Gasteiger partial charge in [-0.2, -0.15) is 5.26 Å². The molecule has 2 aromatic heterocycles. The van der Waals surface area contributed by atoms with Crippen molar-refractivity contribution in [1.29, 1.82) is 5.26 Å². The Morgan fingerprint density at radius 3 is 2.63 bits per heavy atom. The number of ether oxygens (including phenoxy) is 1. The van der Waals surface area contributed by atoms with Crippen LogP contribution in [-0.2, 0) is 35.2 Å². The van der Waals surface area contributed by atoms with Gasteiger partial charge < -0.3 is 10.1 Å². The van der Waals surface area contributed by atoms with Gasteiger partial charge in [-0.3, -0.25) is 9.78 Å². The number of para-hydroxylation sites is 1. The lowest BCUT2D eigenvalue weighted by Crippen LogP contribution is -2.26. The van der Waals surface area contributed by atoms with E-state index in [0.29, 0.717) is 22.0 Å². The van der Waals surface area contributed by atoms with Crippen LogP contribution in [-0.4, -0.2) is 23.5 Å². The molecule has 3 aromatic rings. The molecule has 7 heteroatoms. The number of nitrogens with one attached hydrogen (secondary N) is 1. The highest BCUT2D eigenvalue weighted by atomic mass is 32.1. The number of fused-ring (bicyclic) bond motifs is 3. The number of benzene rings is 1. The number of hydrogen-bond donors (Lipinski definition) is 1. The molecule has 2 aliphatic carbocycles. The average molecular weight is 530 g/mol. The van der Waals surface area contributed by atoms with Crippen LogP contribution in [0.25, 0.3) is 10.9 Å². The molecule has 0 aliphatic heterocycles. The molecular weight excluding hydrogens is 494 g/mol. The summed E-state index contributed by atoms with van der Waals surface area (Å²) in [5.41, 5.74) is 5.06. The van der Waals surface area contributed by atoms with Crippen molar-refractivity contribution in [2.24, 2.45) is 11.3 Å². The number of aromatic nitrogens is 1. The average Bonchev–Trinajstić information content (AvgIpc) is 3.22. The van der Waals surface area contributed by atoms with Crippen molar-refractivity contribution in [3.8, 4) is 6.07 Å². The Balaban J connectivity index is 1.33. The number of thiophene rings is 1. The number of amides is 1. The summed E-state index contributed by atoms with van der Waals surface area (Å²) < 4.78 is 5.59. The molecule has 5 rings (SSSR count). The van der Waals surface area contributed by atoms with E-state index >= 15 is 0 Å². The first-order valence-corrected chi connectivity index (χ1v) is 14.5. The maximum Gasteiger partial charge on any atom is 0.339 e. The second kappa shape index (κ2) is 10.9. The molecule has 2 aliphatic rings. The van der Waals surface area contributed by atoms with Crippen LogP contribution in [0.2, 0.25) is 0 Å². The van der Waals surface area contributed by atoms with E-state index in [2.05, 4.69) is 32.2 Å². The highest BCUT2D eigenvalue weighted by molar-refractivity contribution is 7.16. The Morgan fingerprint density at radius 1 is 1.11 bits per heavy atom. The number of pyridine rings is 1. The molecule has 2 heterocycles. The van der Waals surface area contributed by atoms with Crippen molar-refractivity contribution in [1.82, 2.24) is 4.98 Å². The lowest BCUT2D eigenvalue weighted by Gasteiger charge is -2.33. The fourth-order valence-electron chi connectivity index (χ4n) is 5.86. The maximum absolute atomic E-state index is 13.4.